The molecule has 30 heavy (non-hydrogen) atoms. The molecule has 0 aliphatic carbocycles. The molecule has 9 heteroatoms. The lowest BCUT2D eigenvalue weighted by Crippen LogP contribution is -2.51. The fourth-order valence-corrected chi connectivity index (χ4v) is 3.63. The Labute approximate surface area is 193 Å². The first-order valence-electron chi connectivity index (χ1n) is 10.0. The minimum absolute atomic E-state index is 0. The van der Waals surface area contributed by atoms with Crippen LogP contribution in [0.15, 0.2) is 47.5 Å². The normalized spacial score (nSPS) is 17.6. The largest absolute Gasteiger partial charge is 0.378 e. The highest BCUT2D eigenvalue weighted by molar-refractivity contribution is 14.0. The van der Waals surface area contributed by atoms with E-state index in [0.717, 1.165) is 69.7 Å². The third-order valence-corrected chi connectivity index (χ3v) is 5.33. The molecule has 0 saturated carbocycles. The molecule has 0 amide bonds. The van der Waals surface area contributed by atoms with Crippen molar-refractivity contribution in [3.63, 3.8) is 0 Å². The Bertz CT molecular complexity index is 836. The fraction of sp³-hybridized carbons (Fsp3) is 0.429. The lowest BCUT2D eigenvalue weighted by atomic mass is 10.2. The van der Waals surface area contributed by atoms with Gasteiger partial charge in [-0.25, -0.2) is 14.4 Å². The first-order valence-corrected chi connectivity index (χ1v) is 10.0. The molecule has 3 heterocycles. The number of rotatable bonds is 4. The van der Waals surface area contributed by atoms with Gasteiger partial charge in [-0.2, -0.15) is 0 Å². The predicted molar refractivity (Wildman–Crippen MR) is 128 cm³/mol. The summed E-state index contributed by atoms with van der Waals surface area (Å²) < 4.78 is 18.5. The van der Waals surface area contributed by atoms with E-state index < -0.39 is 0 Å². The summed E-state index contributed by atoms with van der Waals surface area (Å²) in [6, 6.07) is 12.6. The average molecular weight is 526 g/mol. The first kappa shape index (κ1) is 22.5. The predicted octanol–water partition coefficient (Wildman–Crippen LogP) is 2.31. The van der Waals surface area contributed by atoms with E-state index in [2.05, 4.69) is 19.7 Å². The number of pyridine rings is 1. The van der Waals surface area contributed by atoms with E-state index in [0.29, 0.717) is 12.5 Å². The lowest BCUT2D eigenvalue weighted by molar-refractivity contribution is 0.122. The minimum atomic E-state index is -0.213. The van der Waals surface area contributed by atoms with E-state index in [9.17, 15) is 4.39 Å². The van der Waals surface area contributed by atoms with Crippen molar-refractivity contribution in [1.82, 2.24) is 9.88 Å². The van der Waals surface area contributed by atoms with Crippen molar-refractivity contribution in [1.29, 1.82) is 0 Å². The van der Waals surface area contributed by atoms with Crippen LogP contribution in [0.1, 0.15) is 5.69 Å². The molecule has 162 valence electrons. The van der Waals surface area contributed by atoms with Crippen LogP contribution in [0, 0.1) is 5.82 Å². The molecule has 2 fully saturated rings. The maximum Gasteiger partial charge on any atom is 0.191 e. The number of morpholine rings is 1. The van der Waals surface area contributed by atoms with Crippen LogP contribution in [-0.4, -0.2) is 68.3 Å². The van der Waals surface area contributed by atoms with Crippen molar-refractivity contribution in [2.45, 2.75) is 6.54 Å². The summed E-state index contributed by atoms with van der Waals surface area (Å²) in [6.45, 7) is 6.88. The van der Waals surface area contributed by atoms with Gasteiger partial charge >= 0.3 is 0 Å². The van der Waals surface area contributed by atoms with Gasteiger partial charge in [0.05, 0.1) is 25.5 Å². The van der Waals surface area contributed by atoms with Crippen molar-refractivity contribution >= 4 is 41.4 Å². The second-order valence-corrected chi connectivity index (χ2v) is 7.21. The zero-order chi connectivity index (χ0) is 20.1. The van der Waals surface area contributed by atoms with Crippen LogP contribution in [0.25, 0.3) is 0 Å². The standard InChI is InChI=1S/C21H27FN6O.HI/c22-17-4-6-19(7-5-17)26-8-10-28(11-9-26)21(23)24-16-18-2-1-3-20(25-18)27-12-14-29-15-13-27;/h1-7H,8-16H2,(H2,23,24);1H. The van der Waals surface area contributed by atoms with Gasteiger partial charge in [0.25, 0.3) is 0 Å². The second-order valence-electron chi connectivity index (χ2n) is 7.21. The van der Waals surface area contributed by atoms with Crippen LogP contribution in [0.4, 0.5) is 15.9 Å². The number of anilines is 2. The second kappa shape index (κ2) is 10.8. The highest BCUT2D eigenvalue weighted by atomic mass is 127. The highest BCUT2D eigenvalue weighted by Gasteiger charge is 2.19. The molecule has 2 saturated heterocycles. The van der Waals surface area contributed by atoms with Gasteiger partial charge in [0.15, 0.2) is 5.96 Å². The number of hydrogen-bond acceptors (Lipinski definition) is 5. The third-order valence-electron chi connectivity index (χ3n) is 5.33. The molecular weight excluding hydrogens is 498 g/mol. The number of ether oxygens (including phenoxy) is 1. The van der Waals surface area contributed by atoms with Gasteiger partial charge in [-0.15, -0.1) is 24.0 Å². The van der Waals surface area contributed by atoms with E-state index in [4.69, 9.17) is 15.5 Å². The van der Waals surface area contributed by atoms with Crippen LogP contribution >= 0.6 is 24.0 Å². The number of aromatic nitrogens is 1. The Morgan fingerprint density at radius 2 is 1.67 bits per heavy atom. The maximum absolute atomic E-state index is 13.1. The molecule has 1 aromatic heterocycles. The summed E-state index contributed by atoms with van der Waals surface area (Å²) in [5.41, 5.74) is 8.17. The molecule has 2 aromatic rings. The zero-order valence-electron chi connectivity index (χ0n) is 16.9. The molecule has 4 rings (SSSR count). The van der Waals surface area contributed by atoms with Crippen molar-refractivity contribution in [2.75, 3.05) is 62.3 Å². The van der Waals surface area contributed by atoms with Crippen molar-refractivity contribution in [2.24, 2.45) is 10.7 Å². The van der Waals surface area contributed by atoms with Crippen LogP contribution < -0.4 is 15.5 Å². The molecule has 0 spiro atoms. The number of nitrogens with zero attached hydrogens (tertiary/aromatic N) is 5. The Hall–Kier alpha value is -2.14. The maximum atomic E-state index is 13.1. The minimum Gasteiger partial charge on any atom is -0.378 e. The monoisotopic (exact) mass is 526 g/mol. The summed E-state index contributed by atoms with van der Waals surface area (Å²) >= 11 is 0. The number of nitrogens with two attached hydrogens (primary N) is 1. The third kappa shape index (κ3) is 5.72. The van der Waals surface area contributed by atoms with Crippen LogP contribution in [0.2, 0.25) is 0 Å². The molecule has 1 aromatic carbocycles. The number of guanidine groups is 1. The summed E-state index contributed by atoms with van der Waals surface area (Å²) in [6.07, 6.45) is 0. The molecule has 0 unspecified atom stereocenters. The number of piperazine rings is 1. The Balaban J connectivity index is 0.00000256. The molecule has 2 N–H and O–H groups in total. The molecule has 0 atom stereocenters. The van der Waals surface area contributed by atoms with Gasteiger partial charge in [0.1, 0.15) is 11.6 Å². The molecule has 2 aliphatic rings. The van der Waals surface area contributed by atoms with Crippen LogP contribution in [0.5, 0.6) is 0 Å². The Kier molecular flexibility index (Phi) is 8.08. The average Bonchev–Trinajstić information content (AvgIpc) is 2.79. The quantitative estimate of drug-likeness (QED) is 0.375. The number of hydrogen-bond donors (Lipinski definition) is 1. The van der Waals surface area contributed by atoms with E-state index in [1.807, 2.05) is 30.3 Å². The first-order chi connectivity index (χ1) is 14.2. The van der Waals surface area contributed by atoms with Crippen molar-refractivity contribution in [3.05, 3.63) is 54.0 Å². The molecular formula is C21H28FIN6O. The van der Waals surface area contributed by atoms with Gasteiger partial charge in [-0.05, 0) is 36.4 Å². The molecule has 0 radical (unpaired) electrons. The van der Waals surface area contributed by atoms with Gasteiger partial charge in [-0.1, -0.05) is 6.07 Å². The lowest BCUT2D eigenvalue weighted by Gasteiger charge is -2.36. The topological polar surface area (TPSA) is 70.2 Å². The summed E-state index contributed by atoms with van der Waals surface area (Å²) in [7, 11) is 0. The smallest absolute Gasteiger partial charge is 0.191 e. The Morgan fingerprint density at radius 3 is 2.37 bits per heavy atom. The number of benzene rings is 1. The van der Waals surface area contributed by atoms with Crippen LogP contribution in [0.3, 0.4) is 0 Å². The van der Waals surface area contributed by atoms with Gasteiger partial charge in [0, 0.05) is 45.0 Å². The van der Waals surface area contributed by atoms with E-state index >= 15 is 0 Å². The van der Waals surface area contributed by atoms with Gasteiger partial charge in [-0.3, -0.25) is 0 Å². The molecule has 2 aliphatic heterocycles. The summed E-state index contributed by atoms with van der Waals surface area (Å²) in [5, 5.41) is 0. The van der Waals surface area contributed by atoms with Crippen molar-refractivity contribution in [3.8, 4) is 0 Å². The Morgan fingerprint density at radius 1 is 0.967 bits per heavy atom. The SMILES string of the molecule is I.NC(=NCc1cccc(N2CCOCC2)n1)N1CCN(c2ccc(F)cc2)CC1. The summed E-state index contributed by atoms with van der Waals surface area (Å²) in [5.74, 6) is 1.30. The number of halogens is 2. The van der Waals surface area contributed by atoms with Crippen molar-refractivity contribution < 1.29 is 9.13 Å². The highest BCUT2D eigenvalue weighted by Crippen LogP contribution is 2.17. The molecule has 7 nitrogen and oxygen atoms in total. The zero-order valence-corrected chi connectivity index (χ0v) is 19.2. The van der Waals surface area contributed by atoms with Crippen LogP contribution in [-0.2, 0) is 11.3 Å². The van der Waals surface area contributed by atoms with Gasteiger partial charge in [0.2, 0.25) is 0 Å². The summed E-state index contributed by atoms with van der Waals surface area (Å²) in [4.78, 5) is 15.8. The van der Waals surface area contributed by atoms with E-state index in [1.165, 1.54) is 12.1 Å². The van der Waals surface area contributed by atoms with E-state index in [-0.39, 0.29) is 29.8 Å². The fourth-order valence-electron chi connectivity index (χ4n) is 3.63. The van der Waals surface area contributed by atoms with Gasteiger partial charge < -0.3 is 25.2 Å². The molecule has 0 bridgehead atoms. The number of aliphatic imine (C=N–C) groups is 1. The van der Waals surface area contributed by atoms with E-state index in [1.54, 1.807) is 0 Å².